The van der Waals surface area contributed by atoms with Gasteiger partial charge in [0.05, 0.1) is 19.8 Å². The summed E-state index contributed by atoms with van der Waals surface area (Å²) < 4.78 is 39.4. The van der Waals surface area contributed by atoms with E-state index in [1.54, 1.807) is 0 Å². The average molecular weight is 1030 g/mol. The number of rotatable bonds is 51. The number of allylic oxidation sites excluding steroid dienone is 16. The molecule has 0 aliphatic heterocycles. The maximum Gasteiger partial charge on any atom is 0.472 e. The molecule has 0 bridgehead atoms. The highest BCUT2D eigenvalue weighted by atomic mass is 31.2. The smallest absolute Gasteiger partial charge is 0.462 e. The predicted octanol–water partition coefficient (Wildman–Crippen LogP) is 16.5. The van der Waals surface area contributed by atoms with E-state index in [1.807, 2.05) is 0 Å². The molecule has 0 amide bonds. The SMILES string of the molecule is CC/C=C\C/C=C\C/C=C\CCCCCCCC(=O)OC(CO)COP(=O)(O)OCC(COC(=O)CCCCCCC/C=C\C/C=C\CCCCC)OC(=O)CCCCCCC/C=C\C/C=C\C/C=C\CC. The Hall–Kier alpha value is -3.60. The second kappa shape index (κ2) is 53.7. The van der Waals surface area contributed by atoms with Crippen molar-refractivity contribution in [3.63, 3.8) is 0 Å². The summed E-state index contributed by atoms with van der Waals surface area (Å²) >= 11 is 0. The normalized spacial score (nSPS) is 14.1. The van der Waals surface area contributed by atoms with Crippen molar-refractivity contribution in [2.24, 2.45) is 0 Å². The summed E-state index contributed by atoms with van der Waals surface area (Å²) in [7, 11) is -4.76. The molecule has 0 rings (SSSR count). The Labute approximate surface area is 438 Å². The summed E-state index contributed by atoms with van der Waals surface area (Å²) in [5, 5.41) is 9.81. The van der Waals surface area contributed by atoms with Gasteiger partial charge in [0.2, 0.25) is 0 Å². The van der Waals surface area contributed by atoms with Crippen LogP contribution in [-0.4, -0.2) is 66.5 Å². The van der Waals surface area contributed by atoms with Gasteiger partial charge in [-0.05, 0) is 116 Å². The summed E-state index contributed by atoms with van der Waals surface area (Å²) in [6.45, 7) is 4.33. The minimum absolute atomic E-state index is 0.140. The molecule has 0 saturated carbocycles. The first-order chi connectivity index (χ1) is 35.2. The second-order valence-electron chi connectivity index (χ2n) is 18.3. The van der Waals surface area contributed by atoms with E-state index in [1.165, 1.54) is 19.3 Å². The van der Waals surface area contributed by atoms with Gasteiger partial charge >= 0.3 is 25.7 Å². The van der Waals surface area contributed by atoms with Crippen LogP contribution in [0.1, 0.15) is 226 Å². The summed E-state index contributed by atoms with van der Waals surface area (Å²) in [5.74, 6) is -1.52. The molecule has 0 aromatic heterocycles. The molecule has 0 aliphatic carbocycles. The van der Waals surface area contributed by atoms with Crippen molar-refractivity contribution >= 4 is 25.7 Å². The summed E-state index contributed by atoms with van der Waals surface area (Å²) in [6.07, 6.45) is 62.2. The fourth-order valence-electron chi connectivity index (χ4n) is 7.24. The molecular weight excluding hydrogens is 928 g/mol. The molecule has 2 N–H and O–H groups in total. The Morgan fingerprint density at radius 1 is 0.403 bits per heavy atom. The Morgan fingerprint density at radius 3 is 1.11 bits per heavy atom. The Kier molecular flexibility index (Phi) is 51.0. The number of carbonyl (C=O) groups is 3. The standard InChI is InChI=1S/C60H101O11P/c1-4-7-10-13-16-19-22-25-28-31-34-37-40-43-46-49-58(62)67-53-57(71-60(64)51-48-45-42-39-36-33-30-27-24-21-18-15-12-9-6-3)55-69-72(65,66)68-54-56(52-61)70-59(63)50-47-44-41-38-35-32-29-26-23-20-17-14-11-8-5-2/h8-9,11-12,16-21,25-30,56-57,61H,4-7,10,13-15,22-24,31-55H2,1-3H3,(H,65,66)/b11-8-,12-9-,19-16-,20-17-,21-18-,28-25-,29-26-,30-27-. The zero-order valence-electron chi connectivity index (χ0n) is 45.4. The molecule has 0 spiro atoms. The highest BCUT2D eigenvalue weighted by molar-refractivity contribution is 7.47. The van der Waals surface area contributed by atoms with Crippen LogP contribution in [0.3, 0.4) is 0 Å². The number of hydrogen-bond acceptors (Lipinski definition) is 10. The first kappa shape index (κ1) is 68.4. The summed E-state index contributed by atoms with van der Waals surface area (Å²) in [4.78, 5) is 48.5. The minimum atomic E-state index is -4.76. The van der Waals surface area contributed by atoms with Crippen molar-refractivity contribution in [3.8, 4) is 0 Å². The second-order valence-corrected chi connectivity index (χ2v) is 19.8. The molecule has 0 aromatic rings. The average Bonchev–Trinajstić information content (AvgIpc) is 3.37. The molecule has 0 fully saturated rings. The Morgan fingerprint density at radius 2 is 0.722 bits per heavy atom. The number of phosphoric acid groups is 1. The number of aliphatic hydroxyl groups is 1. The number of aliphatic hydroxyl groups excluding tert-OH is 1. The summed E-state index contributed by atoms with van der Waals surface area (Å²) in [5.41, 5.74) is 0. The third-order valence-corrected chi connectivity index (χ3v) is 12.4. The van der Waals surface area contributed by atoms with E-state index in [-0.39, 0.29) is 25.9 Å². The molecule has 0 radical (unpaired) electrons. The fourth-order valence-corrected chi connectivity index (χ4v) is 8.02. The largest absolute Gasteiger partial charge is 0.472 e. The van der Waals surface area contributed by atoms with Gasteiger partial charge in [-0.2, -0.15) is 0 Å². The predicted molar refractivity (Wildman–Crippen MR) is 297 cm³/mol. The lowest BCUT2D eigenvalue weighted by atomic mass is 10.1. The Bertz CT molecular complexity index is 1580. The first-order valence-corrected chi connectivity index (χ1v) is 29.6. The van der Waals surface area contributed by atoms with Gasteiger partial charge < -0.3 is 24.2 Å². The lowest BCUT2D eigenvalue weighted by Gasteiger charge is -2.21. The van der Waals surface area contributed by atoms with E-state index in [0.29, 0.717) is 19.3 Å². The van der Waals surface area contributed by atoms with Crippen molar-refractivity contribution < 1.29 is 52.2 Å². The van der Waals surface area contributed by atoms with Gasteiger partial charge in [0.1, 0.15) is 12.7 Å². The highest BCUT2D eigenvalue weighted by Gasteiger charge is 2.28. The quantitative estimate of drug-likeness (QED) is 0.0197. The molecule has 11 nitrogen and oxygen atoms in total. The lowest BCUT2D eigenvalue weighted by Crippen LogP contribution is -2.30. The van der Waals surface area contributed by atoms with Crippen LogP contribution >= 0.6 is 7.82 Å². The van der Waals surface area contributed by atoms with Crippen LogP contribution < -0.4 is 0 Å². The van der Waals surface area contributed by atoms with Gasteiger partial charge in [0.25, 0.3) is 0 Å². The van der Waals surface area contributed by atoms with E-state index >= 15 is 0 Å². The molecule has 12 heteroatoms. The number of unbranched alkanes of at least 4 members (excludes halogenated alkanes) is 18. The van der Waals surface area contributed by atoms with Crippen molar-refractivity contribution in [2.75, 3.05) is 26.4 Å². The van der Waals surface area contributed by atoms with Crippen molar-refractivity contribution in [2.45, 2.75) is 238 Å². The maximum absolute atomic E-state index is 12.9. The van der Waals surface area contributed by atoms with Crippen LogP contribution in [0, 0.1) is 0 Å². The number of carbonyl (C=O) groups excluding carboxylic acids is 3. The van der Waals surface area contributed by atoms with Gasteiger partial charge in [-0.25, -0.2) is 4.57 Å². The zero-order chi connectivity index (χ0) is 52.7. The topological polar surface area (TPSA) is 155 Å². The number of phosphoric ester groups is 1. The molecular formula is C60H101O11P. The van der Waals surface area contributed by atoms with E-state index in [4.69, 9.17) is 23.3 Å². The first-order valence-electron chi connectivity index (χ1n) is 28.1. The number of esters is 3. The molecule has 0 saturated heterocycles. The third-order valence-electron chi connectivity index (χ3n) is 11.5. The monoisotopic (exact) mass is 1030 g/mol. The third kappa shape index (κ3) is 51.3. The van der Waals surface area contributed by atoms with Crippen LogP contribution in [-0.2, 0) is 42.2 Å². The number of hydrogen-bond donors (Lipinski definition) is 2. The molecule has 0 aliphatic rings. The Balaban J connectivity index is 4.79. The molecule has 72 heavy (non-hydrogen) atoms. The van der Waals surface area contributed by atoms with Gasteiger partial charge in [0, 0.05) is 19.3 Å². The molecule has 412 valence electrons. The fraction of sp³-hybridized carbons (Fsp3) is 0.683. The van der Waals surface area contributed by atoms with Crippen LogP contribution in [0.5, 0.6) is 0 Å². The molecule has 0 aromatic carbocycles. The van der Waals surface area contributed by atoms with Crippen LogP contribution in [0.4, 0.5) is 0 Å². The molecule has 0 heterocycles. The molecule has 3 atom stereocenters. The minimum Gasteiger partial charge on any atom is -0.462 e. The van der Waals surface area contributed by atoms with Gasteiger partial charge in [0.15, 0.2) is 6.10 Å². The van der Waals surface area contributed by atoms with Crippen LogP contribution in [0.15, 0.2) is 97.2 Å². The van der Waals surface area contributed by atoms with E-state index < -0.39 is 57.8 Å². The van der Waals surface area contributed by atoms with E-state index in [2.05, 4.69) is 118 Å². The highest BCUT2D eigenvalue weighted by Crippen LogP contribution is 2.43. The van der Waals surface area contributed by atoms with Gasteiger partial charge in [-0.15, -0.1) is 0 Å². The van der Waals surface area contributed by atoms with Crippen molar-refractivity contribution in [3.05, 3.63) is 97.2 Å². The van der Waals surface area contributed by atoms with Gasteiger partial charge in [-0.1, -0.05) is 189 Å². The van der Waals surface area contributed by atoms with E-state index in [9.17, 15) is 28.9 Å². The zero-order valence-corrected chi connectivity index (χ0v) is 46.3. The van der Waals surface area contributed by atoms with Gasteiger partial charge in [-0.3, -0.25) is 23.4 Å². The van der Waals surface area contributed by atoms with Crippen molar-refractivity contribution in [1.82, 2.24) is 0 Å². The number of ether oxygens (including phenoxy) is 3. The maximum atomic E-state index is 12.9. The van der Waals surface area contributed by atoms with Crippen LogP contribution in [0.25, 0.3) is 0 Å². The van der Waals surface area contributed by atoms with Crippen LogP contribution in [0.2, 0.25) is 0 Å². The molecule has 3 unspecified atom stereocenters. The summed E-state index contributed by atoms with van der Waals surface area (Å²) in [6, 6.07) is 0. The van der Waals surface area contributed by atoms with Crippen molar-refractivity contribution in [1.29, 1.82) is 0 Å². The lowest BCUT2D eigenvalue weighted by molar-refractivity contribution is -0.161. The van der Waals surface area contributed by atoms with E-state index in [0.717, 1.165) is 148 Å².